The van der Waals surface area contributed by atoms with Crippen LogP contribution in [-0.2, 0) is 4.74 Å². The smallest absolute Gasteiger partial charge is 0.269 e. The summed E-state index contributed by atoms with van der Waals surface area (Å²) in [5, 5.41) is 23.2. The second-order valence-corrected chi connectivity index (χ2v) is 4.82. The quantitative estimate of drug-likeness (QED) is 0.553. The standard InChI is InChI=1S/C13H18N2O4/c16-13(9-19-8-10-1-2-10)7-14-11-3-5-12(6-4-11)15(17)18/h3-6,10,13-14,16H,1-2,7-9H2. The number of ether oxygens (including phenoxy) is 1. The van der Waals surface area contributed by atoms with Crippen molar-refractivity contribution in [1.29, 1.82) is 0 Å². The summed E-state index contributed by atoms with van der Waals surface area (Å²) >= 11 is 0. The number of nitrogens with zero attached hydrogens (tertiary/aromatic N) is 1. The van der Waals surface area contributed by atoms with Gasteiger partial charge in [-0.15, -0.1) is 0 Å². The van der Waals surface area contributed by atoms with E-state index < -0.39 is 11.0 Å². The van der Waals surface area contributed by atoms with Crippen LogP contribution in [0.25, 0.3) is 0 Å². The average molecular weight is 266 g/mol. The Labute approximate surface area is 111 Å². The molecule has 0 bridgehead atoms. The molecule has 6 heteroatoms. The van der Waals surface area contributed by atoms with Crippen LogP contribution in [0.1, 0.15) is 12.8 Å². The van der Waals surface area contributed by atoms with Crippen molar-refractivity contribution in [2.24, 2.45) is 5.92 Å². The first-order valence-electron chi connectivity index (χ1n) is 6.39. The maximum atomic E-state index is 10.5. The summed E-state index contributed by atoms with van der Waals surface area (Å²) in [5.41, 5.74) is 0.797. The summed E-state index contributed by atoms with van der Waals surface area (Å²) < 4.78 is 5.38. The van der Waals surface area contributed by atoms with Crippen molar-refractivity contribution < 1.29 is 14.8 Å². The van der Waals surface area contributed by atoms with Crippen molar-refractivity contribution in [2.45, 2.75) is 18.9 Å². The first-order valence-corrected chi connectivity index (χ1v) is 6.39. The number of nitro benzene ring substituents is 1. The van der Waals surface area contributed by atoms with Crippen LogP contribution in [0.4, 0.5) is 11.4 Å². The van der Waals surface area contributed by atoms with E-state index in [4.69, 9.17) is 4.74 Å². The fourth-order valence-electron chi connectivity index (χ4n) is 1.65. The lowest BCUT2D eigenvalue weighted by atomic mass is 10.2. The van der Waals surface area contributed by atoms with Crippen LogP contribution < -0.4 is 5.32 Å². The minimum atomic E-state index is -0.575. The Kier molecular flexibility index (Phi) is 4.70. The molecule has 1 aromatic carbocycles. The summed E-state index contributed by atoms with van der Waals surface area (Å²) in [6.45, 7) is 1.41. The molecule has 1 aliphatic rings. The van der Waals surface area contributed by atoms with Gasteiger partial charge in [0, 0.05) is 31.0 Å². The molecule has 0 spiro atoms. The number of hydrogen-bond acceptors (Lipinski definition) is 5. The molecule has 2 rings (SSSR count). The normalized spacial score (nSPS) is 16.1. The molecule has 0 aromatic heterocycles. The fraction of sp³-hybridized carbons (Fsp3) is 0.538. The minimum absolute atomic E-state index is 0.0545. The molecule has 2 N–H and O–H groups in total. The lowest BCUT2D eigenvalue weighted by molar-refractivity contribution is -0.384. The van der Waals surface area contributed by atoms with Gasteiger partial charge < -0.3 is 15.2 Å². The first kappa shape index (κ1) is 13.8. The molecule has 0 amide bonds. The number of non-ortho nitro benzene ring substituents is 1. The van der Waals surface area contributed by atoms with Crippen LogP contribution in [0.15, 0.2) is 24.3 Å². The molecule has 1 aromatic rings. The van der Waals surface area contributed by atoms with Crippen LogP contribution in [0, 0.1) is 16.0 Å². The summed E-state index contributed by atoms with van der Waals surface area (Å²) in [6, 6.07) is 6.10. The van der Waals surface area contributed by atoms with E-state index in [0.717, 1.165) is 12.3 Å². The van der Waals surface area contributed by atoms with Gasteiger partial charge in [0.15, 0.2) is 0 Å². The second kappa shape index (κ2) is 6.49. The molecule has 0 aliphatic heterocycles. The van der Waals surface area contributed by atoms with E-state index in [1.54, 1.807) is 12.1 Å². The summed E-state index contributed by atoms with van der Waals surface area (Å²) in [5.74, 6) is 0.690. The minimum Gasteiger partial charge on any atom is -0.389 e. The van der Waals surface area contributed by atoms with Crippen molar-refractivity contribution >= 4 is 11.4 Å². The molecule has 1 saturated carbocycles. The SMILES string of the molecule is O=[N+]([O-])c1ccc(NCC(O)COCC2CC2)cc1. The monoisotopic (exact) mass is 266 g/mol. The van der Waals surface area contributed by atoms with Gasteiger partial charge in [0.1, 0.15) is 0 Å². The molecule has 0 heterocycles. The summed E-state index contributed by atoms with van der Waals surface area (Å²) in [7, 11) is 0. The predicted molar refractivity (Wildman–Crippen MR) is 71.1 cm³/mol. The van der Waals surface area contributed by atoms with Gasteiger partial charge in [0.05, 0.1) is 17.6 Å². The zero-order chi connectivity index (χ0) is 13.7. The topological polar surface area (TPSA) is 84.6 Å². The Morgan fingerprint density at radius 2 is 2.11 bits per heavy atom. The lowest BCUT2D eigenvalue weighted by Gasteiger charge is -2.13. The molecule has 1 fully saturated rings. The molecule has 0 saturated heterocycles. The lowest BCUT2D eigenvalue weighted by Crippen LogP contribution is -2.25. The van der Waals surface area contributed by atoms with Crippen molar-refractivity contribution in [3.63, 3.8) is 0 Å². The van der Waals surface area contributed by atoms with Gasteiger partial charge in [-0.05, 0) is 30.9 Å². The Balaban J connectivity index is 1.66. The molecule has 0 radical (unpaired) electrons. The molecular weight excluding hydrogens is 248 g/mol. The Bertz CT molecular complexity index is 417. The third-order valence-electron chi connectivity index (χ3n) is 2.98. The second-order valence-electron chi connectivity index (χ2n) is 4.82. The molecule has 6 nitrogen and oxygen atoms in total. The highest BCUT2D eigenvalue weighted by molar-refractivity contribution is 5.48. The third-order valence-corrected chi connectivity index (χ3v) is 2.98. The van der Waals surface area contributed by atoms with Gasteiger partial charge in [0.2, 0.25) is 0 Å². The van der Waals surface area contributed by atoms with Gasteiger partial charge in [0.25, 0.3) is 5.69 Å². The van der Waals surface area contributed by atoms with E-state index in [2.05, 4.69) is 5.32 Å². The number of nitro groups is 1. The van der Waals surface area contributed by atoms with Crippen molar-refractivity contribution in [2.75, 3.05) is 25.1 Å². The highest BCUT2D eigenvalue weighted by atomic mass is 16.6. The third kappa shape index (κ3) is 4.84. The van der Waals surface area contributed by atoms with Crippen LogP contribution in [0.2, 0.25) is 0 Å². The highest BCUT2D eigenvalue weighted by Crippen LogP contribution is 2.28. The predicted octanol–water partition coefficient (Wildman–Crippen LogP) is 1.79. The largest absolute Gasteiger partial charge is 0.389 e. The van der Waals surface area contributed by atoms with Crippen molar-refractivity contribution in [3.05, 3.63) is 34.4 Å². The Morgan fingerprint density at radius 1 is 1.42 bits per heavy atom. The fourth-order valence-corrected chi connectivity index (χ4v) is 1.65. The van der Waals surface area contributed by atoms with Gasteiger partial charge in [-0.25, -0.2) is 0 Å². The Morgan fingerprint density at radius 3 is 2.68 bits per heavy atom. The van der Waals surface area contributed by atoms with Crippen LogP contribution in [0.5, 0.6) is 0 Å². The first-order chi connectivity index (χ1) is 9.15. The van der Waals surface area contributed by atoms with Crippen molar-refractivity contribution in [1.82, 2.24) is 0 Å². The number of nitrogens with one attached hydrogen (secondary N) is 1. The van der Waals surface area contributed by atoms with Crippen molar-refractivity contribution in [3.8, 4) is 0 Å². The van der Waals surface area contributed by atoms with E-state index in [1.807, 2.05) is 0 Å². The maximum Gasteiger partial charge on any atom is 0.269 e. The zero-order valence-corrected chi connectivity index (χ0v) is 10.6. The van der Waals surface area contributed by atoms with Crippen LogP contribution in [-0.4, -0.2) is 35.9 Å². The number of aliphatic hydroxyl groups excluding tert-OH is 1. The number of aliphatic hydroxyl groups is 1. The van der Waals surface area contributed by atoms with E-state index in [9.17, 15) is 15.2 Å². The number of hydrogen-bond donors (Lipinski definition) is 2. The molecule has 1 unspecified atom stereocenters. The van der Waals surface area contributed by atoms with E-state index in [0.29, 0.717) is 19.1 Å². The summed E-state index contributed by atoms with van der Waals surface area (Å²) in [6.07, 6.45) is 1.89. The number of anilines is 1. The number of benzene rings is 1. The van der Waals surface area contributed by atoms with Crippen LogP contribution in [0.3, 0.4) is 0 Å². The molecule has 1 aliphatic carbocycles. The average Bonchev–Trinajstić information content (AvgIpc) is 3.21. The van der Waals surface area contributed by atoms with Gasteiger partial charge in [-0.3, -0.25) is 10.1 Å². The maximum absolute atomic E-state index is 10.5. The number of rotatable bonds is 8. The van der Waals surface area contributed by atoms with Crippen LogP contribution >= 0.6 is 0 Å². The van der Waals surface area contributed by atoms with E-state index in [1.165, 1.54) is 25.0 Å². The Hall–Kier alpha value is -1.66. The molecular formula is C13H18N2O4. The summed E-state index contributed by atoms with van der Waals surface area (Å²) in [4.78, 5) is 10.0. The van der Waals surface area contributed by atoms with Gasteiger partial charge >= 0.3 is 0 Å². The zero-order valence-electron chi connectivity index (χ0n) is 10.6. The highest BCUT2D eigenvalue weighted by Gasteiger charge is 2.21. The molecule has 104 valence electrons. The molecule has 19 heavy (non-hydrogen) atoms. The van der Waals surface area contributed by atoms with Gasteiger partial charge in [-0.2, -0.15) is 0 Å². The molecule has 1 atom stereocenters. The van der Waals surface area contributed by atoms with E-state index >= 15 is 0 Å². The van der Waals surface area contributed by atoms with Gasteiger partial charge in [-0.1, -0.05) is 0 Å². The van der Waals surface area contributed by atoms with E-state index in [-0.39, 0.29) is 5.69 Å².